The van der Waals surface area contributed by atoms with E-state index in [-0.39, 0.29) is 5.91 Å². The first-order chi connectivity index (χ1) is 10.3. The van der Waals surface area contributed by atoms with E-state index in [0.29, 0.717) is 5.69 Å². The molecule has 5 nitrogen and oxygen atoms in total. The van der Waals surface area contributed by atoms with Crippen LogP contribution in [0.1, 0.15) is 16.1 Å². The van der Waals surface area contributed by atoms with E-state index in [9.17, 15) is 4.79 Å². The fourth-order valence-corrected chi connectivity index (χ4v) is 2.52. The molecule has 108 valence electrons. The summed E-state index contributed by atoms with van der Waals surface area (Å²) in [4.78, 5) is 24.5. The van der Waals surface area contributed by atoms with Crippen LogP contribution in [-0.4, -0.2) is 51.9 Å². The van der Waals surface area contributed by atoms with Gasteiger partial charge in [-0.3, -0.25) is 14.7 Å². The molecule has 0 bridgehead atoms. The number of carbonyl (C=O) groups excluding carboxylic acids is 1. The zero-order chi connectivity index (χ0) is 14.5. The van der Waals surface area contributed by atoms with Gasteiger partial charge in [-0.15, -0.1) is 0 Å². The van der Waals surface area contributed by atoms with Gasteiger partial charge >= 0.3 is 0 Å². The third-order valence-electron chi connectivity index (χ3n) is 3.69. The molecule has 21 heavy (non-hydrogen) atoms. The third kappa shape index (κ3) is 3.44. The second-order valence-electron chi connectivity index (χ2n) is 5.14. The average Bonchev–Trinajstić information content (AvgIpc) is 2.57. The van der Waals surface area contributed by atoms with Gasteiger partial charge in [-0.25, -0.2) is 4.98 Å². The van der Waals surface area contributed by atoms with E-state index in [1.165, 1.54) is 11.8 Å². The van der Waals surface area contributed by atoms with Crippen LogP contribution in [0.5, 0.6) is 0 Å². The Bertz CT molecular complexity index is 580. The first kappa shape index (κ1) is 13.7. The first-order valence-electron chi connectivity index (χ1n) is 7.14. The Kier molecular flexibility index (Phi) is 4.21. The number of carbonyl (C=O) groups is 1. The normalized spacial score (nSPS) is 15.9. The molecule has 1 aliphatic heterocycles. The Morgan fingerprint density at radius 3 is 2.48 bits per heavy atom. The van der Waals surface area contributed by atoms with Crippen molar-refractivity contribution >= 4 is 5.91 Å². The van der Waals surface area contributed by atoms with Gasteiger partial charge in [0.05, 0.1) is 6.20 Å². The Morgan fingerprint density at radius 2 is 1.81 bits per heavy atom. The lowest BCUT2D eigenvalue weighted by molar-refractivity contribution is 0.0622. The van der Waals surface area contributed by atoms with E-state index in [0.717, 1.165) is 32.7 Å². The number of amides is 1. The Balaban J connectivity index is 1.54. The summed E-state index contributed by atoms with van der Waals surface area (Å²) in [6, 6.07) is 10.4. The number of piperazine rings is 1. The lowest BCUT2D eigenvalue weighted by atomic mass is 10.2. The van der Waals surface area contributed by atoms with Crippen molar-refractivity contribution in [3.8, 4) is 0 Å². The first-order valence-corrected chi connectivity index (χ1v) is 7.14. The Labute approximate surface area is 124 Å². The summed E-state index contributed by atoms with van der Waals surface area (Å²) in [6.45, 7) is 4.19. The van der Waals surface area contributed by atoms with Crippen molar-refractivity contribution < 1.29 is 4.79 Å². The fraction of sp³-hybridized carbons (Fsp3) is 0.312. The molecule has 0 unspecified atom stereocenters. The minimum absolute atomic E-state index is 0.0255. The maximum Gasteiger partial charge on any atom is 0.274 e. The molecule has 1 aromatic heterocycles. The van der Waals surface area contributed by atoms with E-state index < -0.39 is 0 Å². The minimum atomic E-state index is -0.0255. The van der Waals surface area contributed by atoms with E-state index in [2.05, 4.69) is 39.1 Å². The molecule has 0 aliphatic carbocycles. The van der Waals surface area contributed by atoms with E-state index in [1.54, 1.807) is 12.4 Å². The van der Waals surface area contributed by atoms with Crippen LogP contribution in [0.25, 0.3) is 0 Å². The molecule has 0 atom stereocenters. The number of hydrogen-bond donors (Lipinski definition) is 0. The number of rotatable bonds is 3. The predicted octanol–water partition coefficient (Wildman–Crippen LogP) is 1.43. The molecule has 1 aliphatic rings. The summed E-state index contributed by atoms with van der Waals surface area (Å²) >= 11 is 0. The van der Waals surface area contributed by atoms with Crippen LogP contribution in [0, 0.1) is 0 Å². The lowest BCUT2D eigenvalue weighted by Crippen LogP contribution is -2.48. The van der Waals surface area contributed by atoms with E-state index in [4.69, 9.17) is 0 Å². The maximum atomic E-state index is 12.3. The molecule has 3 rings (SSSR count). The highest BCUT2D eigenvalue weighted by molar-refractivity contribution is 5.92. The molecule has 0 spiro atoms. The van der Waals surface area contributed by atoms with Crippen molar-refractivity contribution in [3.05, 3.63) is 60.2 Å². The third-order valence-corrected chi connectivity index (χ3v) is 3.69. The molecule has 0 saturated carbocycles. The molecule has 1 fully saturated rings. The number of aromatic nitrogens is 2. The zero-order valence-electron chi connectivity index (χ0n) is 11.9. The van der Waals surface area contributed by atoms with E-state index >= 15 is 0 Å². The van der Waals surface area contributed by atoms with Gasteiger partial charge in [0, 0.05) is 45.1 Å². The largest absolute Gasteiger partial charge is 0.335 e. The second-order valence-corrected chi connectivity index (χ2v) is 5.14. The van der Waals surface area contributed by atoms with Crippen molar-refractivity contribution in [2.45, 2.75) is 6.54 Å². The summed E-state index contributed by atoms with van der Waals surface area (Å²) in [5.41, 5.74) is 1.74. The average molecular weight is 282 g/mol. The summed E-state index contributed by atoms with van der Waals surface area (Å²) < 4.78 is 0. The highest BCUT2D eigenvalue weighted by atomic mass is 16.2. The molecule has 5 heteroatoms. The highest BCUT2D eigenvalue weighted by Crippen LogP contribution is 2.10. The van der Waals surface area contributed by atoms with Gasteiger partial charge in [0.2, 0.25) is 0 Å². The maximum absolute atomic E-state index is 12.3. The summed E-state index contributed by atoms with van der Waals surface area (Å²) in [5.74, 6) is -0.0255. The van der Waals surface area contributed by atoms with E-state index in [1.807, 2.05) is 11.0 Å². The van der Waals surface area contributed by atoms with Crippen molar-refractivity contribution in [1.29, 1.82) is 0 Å². The molecule has 0 radical (unpaired) electrons. The highest BCUT2D eigenvalue weighted by Gasteiger charge is 2.22. The topological polar surface area (TPSA) is 49.3 Å². The summed E-state index contributed by atoms with van der Waals surface area (Å²) in [7, 11) is 0. The minimum Gasteiger partial charge on any atom is -0.335 e. The summed E-state index contributed by atoms with van der Waals surface area (Å²) in [6.07, 6.45) is 4.66. The number of hydrogen-bond acceptors (Lipinski definition) is 4. The molecule has 2 aromatic rings. The van der Waals surface area contributed by atoms with Crippen LogP contribution in [-0.2, 0) is 6.54 Å². The van der Waals surface area contributed by atoms with Crippen LogP contribution in [0.2, 0.25) is 0 Å². The quantitative estimate of drug-likeness (QED) is 0.854. The molecule has 1 saturated heterocycles. The van der Waals surface area contributed by atoms with Crippen LogP contribution in [0.3, 0.4) is 0 Å². The van der Waals surface area contributed by atoms with Gasteiger partial charge in [0.15, 0.2) is 0 Å². The van der Waals surface area contributed by atoms with Gasteiger partial charge in [-0.1, -0.05) is 30.3 Å². The SMILES string of the molecule is O=C(c1cnccn1)N1CCN(Cc2ccccc2)CC1. The molecule has 1 amide bonds. The van der Waals surface area contributed by atoms with Crippen molar-refractivity contribution in [2.24, 2.45) is 0 Å². The standard InChI is InChI=1S/C16H18N4O/c21-16(15-12-17-6-7-18-15)20-10-8-19(9-11-20)13-14-4-2-1-3-5-14/h1-7,12H,8-11,13H2. The Hall–Kier alpha value is -2.27. The molecular weight excluding hydrogens is 264 g/mol. The smallest absolute Gasteiger partial charge is 0.274 e. The van der Waals surface area contributed by atoms with Gasteiger partial charge in [-0.05, 0) is 5.56 Å². The molecule has 1 aromatic carbocycles. The second kappa shape index (κ2) is 6.45. The van der Waals surface area contributed by atoms with Gasteiger partial charge in [-0.2, -0.15) is 0 Å². The van der Waals surface area contributed by atoms with Gasteiger partial charge in [0.1, 0.15) is 5.69 Å². The monoisotopic (exact) mass is 282 g/mol. The van der Waals surface area contributed by atoms with Crippen LogP contribution in [0.4, 0.5) is 0 Å². The van der Waals surface area contributed by atoms with Crippen LogP contribution < -0.4 is 0 Å². The van der Waals surface area contributed by atoms with Gasteiger partial charge < -0.3 is 4.90 Å². The van der Waals surface area contributed by atoms with Crippen molar-refractivity contribution in [3.63, 3.8) is 0 Å². The fourth-order valence-electron chi connectivity index (χ4n) is 2.52. The van der Waals surface area contributed by atoms with Crippen molar-refractivity contribution in [1.82, 2.24) is 19.8 Å². The molecule has 0 N–H and O–H groups in total. The van der Waals surface area contributed by atoms with Crippen LogP contribution >= 0.6 is 0 Å². The predicted molar refractivity (Wildman–Crippen MR) is 79.7 cm³/mol. The lowest BCUT2D eigenvalue weighted by Gasteiger charge is -2.34. The number of benzene rings is 1. The van der Waals surface area contributed by atoms with Gasteiger partial charge in [0.25, 0.3) is 5.91 Å². The molecule has 2 heterocycles. The molecular formula is C16H18N4O. The Morgan fingerprint density at radius 1 is 1.05 bits per heavy atom. The summed E-state index contributed by atoms with van der Waals surface area (Å²) in [5, 5.41) is 0. The van der Waals surface area contributed by atoms with Crippen molar-refractivity contribution in [2.75, 3.05) is 26.2 Å². The van der Waals surface area contributed by atoms with Crippen LogP contribution in [0.15, 0.2) is 48.9 Å². The number of nitrogens with zero attached hydrogens (tertiary/aromatic N) is 4. The zero-order valence-corrected chi connectivity index (χ0v) is 11.9.